The highest BCUT2D eigenvalue weighted by molar-refractivity contribution is 7.09. The van der Waals surface area contributed by atoms with E-state index in [1.54, 1.807) is 11.3 Å². The Hall–Kier alpha value is -0.480. The van der Waals surface area contributed by atoms with E-state index in [1.807, 2.05) is 0 Å². The Morgan fingerprint density at radius 2 is 2.35 bits per heavy atom. The third-order valence-electron chi connectivity index (χ3n) is 3.22. The number of nitrogens with zero attached hydrogens (tertiary/aromatic N) is 1. The Morgan fingerprint density at radius 3 is 2.88 bits per heavy atom. The second-order valence-electron chi connectivity index (χ2n) is 5.80. The predicted octanol–water partition coefficient (Wildman–Crippen LogP) is 3.07. The topological polar surface area (TPSA) is 24.9 Å². The lowest BCUT2D eigenvalue weighted by Crippen LogP contribution is -2.33. The first kappa shape index (κ1) is 13.0. The van der Waals surface area contributed by atoms with Crippen LogP contribution in [-0.2, 0) is 11.8 Å². The number of hydrogen-bond acceptors (Lipinski definition) is 3. The summed E-state index contributed by atoms with van der Waals surface area (Å²) < 4.78 is 14.0. The maximum absolute atomic E-state index is 14.0. The van der Waals surface area contributed by atoms with E-state index in [0.29, 0.717) is 6.42 Å². The third kappa shape index (κ3) is 3.26. The van der Waals surface area contributed by atoms with Crippen LogP contribution in [0.15, 0.2) is 5.38 Å². The van der Waals surface area contributed by atoms with Gasteiger partial charge in [0.1, 0.15) is 6.17 Å². The lowest BCUT2D eigenvalue weighted by molar-refractivity contribution is 0.263. The van der Waals surface area contributed by atoms with E-state index >= 15 is 0 Å². The van der Waals surface area contributed by atoms with E-state index in [4.69, 9.17) is 0 Å². The Labute approximate surface area is 107 Å². The minimum absolute atomic E-state index is 0.0389. The van der Waals surface area contributed by atoms with Gasteiger partial charge in [-0.15, -0.1) is 11.3 Å². The highest BCUT2D eigenvalue weighted by Gasteiger charge is 2.26. The number of nitrogens with one attached hydrogen (secondary N) is 1. The summed E-state index contributed by atoms with van der Waals surface area (Å²) in [5.41, 5.74) is 1.13. The van der Waals surface area contributed by atoms with Gasteiger partial charge in [-0.1, -0.05) is 20.8 Å². The van der Waals surface area contributed by atoms with Gasteiger partial charge >= 0.3 is 0 Å². The molecule has 1 saturated heterocycles. The summed E-state index contributed by atoms with van der Waals surface area (Å²) in [6, 6.07) is 0.0389. The van der Waals surface area contributed by atoms with Gasteiger partial charge in [-0.2, -0.15) is 0 Å². The molecule has 2 heterocycles. The summed E-state index contributed by atoms with van der Waals surface area (Å²) in [4.78, 5) is 4.54. The molecule has 2 nitrogen and oxygen atoms in total. The summed E-state index contributed by atoms with van der Waals surface area (Å²) in [6.07, 6.45) is 1.71. The lowest BCUT2D eigenvalue weighted by Gasteiger charge is -2.15. The first-order valence-electron chi connectivity index (χ1n) is 6.29. The van der Waals surface area contributed by atoms with Crippen molar-refractivity contribution in [1.29, 1.82) is 0 Å². The van der Waals surface area contributed by atoms with Gasteiger partial charge in [0.2, 0.25) is 0 Å². The summed E-state index contributed by atoms with van der Waals surface area (Å²) in [7, 11) is 0. The van der Waals surface area contributed by atoms with Crippen LogP contribution in [-0.4, -0.2) is 23.7 Å². The fourth-order valence-corrected chi connectivity index (χ4v) is 3.14. The smallest absolute Gasteiger partial charge is 0.122 e. The Kier molecular flexibility index (Phi) is 3.83. The Bertz CT molecular complexity index is 364. The average molecular weight is 256 g/mol. The fourth-order valence-electron chi connectivity index (χ4n) is 2.08. The van der Waals surface area contributed by atoms with Crippen LogP contribution >= 0.6 is 11.3 Å². The molecule has 0 aliphatic carbocycles. The van der Waals surface area contributed by atoms with Crippen molar-refractivity contribution in [1.82, 2.24) is 10.3 Å². The molecule has 1 aromatic rings. The van der Waals surface area contributed by atoms with Crippen LogP contribution in [0, 0.1) is 0 Å². The lowest BCUT2D eigenvalue weighted by atomic mass is 9.93. The average Bonchev–Trinajstić information content (AvgIpc) is 2.85. The normalized spacial score (nSPS) is 22.9. The maximum atomic E-state index is 14.0. The van der Waals surface area contributed by atoms with Gasteiger partial charge in [0.25, 0.3) is 0 Å². The maximum Gasteiger partial charge on any atom is 0.122 e. The Balaban J connectivity index is 1.96. The largest absolute Gasteiger partial charge is 0.311 e. The molecule has 4 heteroatoms. The second-order valence-corrected chi connectivity index (χ2v) is 6.74. The molecule has 1 fully saturated rings. The highest BCUT2D eigenvalue weighted by atomic mass is 32.1. The van der Waals surface area contributed by atoms with Crippen molar-refractivity contribution in [3.63, 3.8) is 0 Å². The zero-order valence-corrected chi connectivity index (χ0v) is 11.6. The number of hydrogen-bond donors (Lipinski definition) is 1. The van der Waals surface area contributed by atoms with Gasteiger partial charge < -0.3 is 5.32 Å². The van der Waals surface area contributed by atoms with Gasteiger partial charge in [0.05, 0.1) is 10.7 Å². The second kappa shape index (κ2) is 5.02. The molecule has 0 amide bonds. The fraction of sp³-hybridized carbons (Fsp3) is 0.769. The first-order valence-corrected chi connectivity index (χ1v) is 7.17. The predicted molar refractivity (Wildman–Crippen MR) is 70.4 cm³/mol. The van der Waals surface area contributed by atoms with E-state index in [9.17, 15) is 4.39 Å². The van der Waals surface area contributed by atoms with Crippen molar-refractivity contribution in [2.45, 2.75) is 57.7 Å². The molecule has 2 unspecified atom stereocenters. The summed E-state index contributed by atoms with van der Waals surface area (Å²) in [5.74, 6) is 0. The molecule has 2 rings (SSSR count). The first-order chi connectivity index (χ1) is 7.97. The van der Waals surface area contributed by atoms with E-state index in [1.165, 1.54) is 0 Å². The molecule has 2 atom stereocenters. The van der Waals surface area contributed by atoms with Crippen LogP contribution in [0.2, 0.25) is 0 Å². The van der Waals surface area contributed by atoms with Crippen molar-refractivity contribution in [3.8, 4) is 0 Å². The number of aromatic nitrogens is 1. The minimum atomic E-state index is -0.795. The zero-order chi connectivity index (χ0) is 12.5. The molecular formula is C13H21FN2S. The van der Waals surface area contributed by atoms with Crippen LogP contribution in [0.3, 0.4) is 0 Å². The van der Waals surface area contributed by atoms with Crippen LogP contribution in [0.4, 0.5) is 4.39 Å². The molecule has 17 heavy (non-hydrogen) atoms. The highest BCUT2D eigenvalue weighted by Crippen LogP contribution is 2.25. The van der Waals surface area contributed by atoms with Crippen LogP contribution in [0.25, 0.3) is 0 Å². The SMILES string of the molecule is CC(C)(C)c1csc(CC(F)C2CCCN2)n1. The van der Waals surface area contributed by atoms with Gasteiger partial charge in [-0.25, -0.2) is 9.37 Å². The van der Waals surface area contributed by atoms with Crippen molar-refractivity contribution >= 4 is 11.3 Å². The number of halogens is 1. The minimum Gasteiger partial charge on any atom is -0.311 e. The summed E-state index contributed by atoms with van der Waals surface area (Å²) in [6.45, 7) is 7.36. The van der Waals surface area contributed by atoms with Crippen molar-refractivity contribution in [3.05, 3.63) is 16.1 Å². The van der Waals surface area contributed by atoms with Crippen molar-refractivity contribution in [2.24, 2.45) is 0 Å². The van der Waals surface area contributed by atoms with E-state index in [-0.39, 0.29) is 11.5 Å². The quantitative estimate of drug-likeness (QED) is 0.899. The van der Waals surface area contributed by atoms with Crippen molar-refractivity contribution in [2.75, 3.05) is 6.54 Å². The molecule has 1 aromatic heterocycles. The monoisotopic (exact) mass is 256 g/mol. The van der Waals surface area contributed by atoms with E-state index in [2.05, 4.69) is 36.5 Å². The summed E-state index contributed by atoms with van der Waals surface area (Å²) in [5, 5.41) is 6.20. The molecule has 0 spiro atoms. The molecular weight excluding hydrogens is 235 g/mol. The molecule has 1 aliphatic rings. The molecule has 0 saturated carbocycles. The van der Waals surface area contributed by atoms with Crippen LogP contribution in [0.5, 0.6) is 0 Å². The van der Waals surface area contributed by atoms with Crippen molar-refractivity contribution < 1.29 is 4.39 Å². The van der Waals surface area contributed by atoms with Gasteiger partial charge in [0.15, 0.2) is 0 Å². The molecule has 0 bridgehead atoms. The molecule has 0 aromatic carbocycles. The number of alkyl halides is 1. The van der Waals surface area contributed by atoms with Gasteiger partial charge in [-0.05, 0) is 19.4 Å². The van der Waals surface area contributed by atoms with Crippen LogP contribution in [0.1, 0.15) is 44.3 Å². The number of thiazole rings is 1. The van der Waals surface area contributed by atoms with Crippen LogP contribution < -0.4 is 5.32 Å². The standard InChI is InChI=1S/C13H21FN2S/c1-13(2,3)11-8-17-12(16-11)7-9(14)10-5-4-6-15-10/h8-10,15H,4-7H2,1-3H3. The zero-order valence-electron chi connectivity index (χ0n) is 10.8. The molecule has 96 valence electrons. The van der Waals surface area contributed by atoms with Gasteiger partial charge in [0, 0.05) is 23.3 Å². The molecule has 1 aliphatic heterocycles. The Morgan fingerprint density at radius 1 is 1.59 bits per heavy atom. The molecule has 0 radical (unpaired) electrons. The van der Waals surface area contributed by atoms with E-state index < -0.39 is 6.17 Å². The molecule has 1 N–H and O–H groups in total. The number of rotatable bonds is 3. The summed E-state index contributed by atoms with van der Waals surface area (Å²) >= 11 is 1.58. The third-order valence-corrected chi connectivity index (χ3v) is 4.10. The van der Waals surface area contributed by atoms with Gasteiger partial charge in [-0.3, -0.25) is 0 Å². The van der Waals surface area contributed by atoms with E-state index in [0.717, 1.165) is 30.1 Å².